The number of hydrogen-bond acceptors (Lipinski definition) is 4. The Morgan fingerprint density at radius 1 is 1.26 bits per heavy atom. The molecule has 0 spiro atoms. The second kappa shape index (κ2) is 10.2. The van der Waals surface area contributed by atoms with Crippen molar-refractivity contribution in [1.82, 2.24) is 10.2 Å². The molecule has 1 heterocycles. The molecule has 2 aromatic rings. The van der Waals surface area contributed by atoms with Gasteiger partial charge in [-0.1, -0.05) is 18.2 Å². The molecule has 1 fully saturated rings. The third-order valence-corrected chi connectivity index (χ3v) is 6.43. The molecule has 0 radical (unpaired) electrons. The zero-order valence-electron chi connectivity index (χ0n) is 18.1. The summed E-state index contributed by atoms with van der Waals surface area (Å²) in [6, 6.07) is 12.8. The van der Waals surface area contributed by atoms with Crippen LogP contribution in [0.3, 0.4) is 0 Å². The van der Waals surface area contributed by atoms with E-state index in [2.05, 4.69) is 22.3 Å². The number of nitrogens with one attached hydrogen (secondary N) is 1. The summed E-state index contributed by atoms with van der Waals surface area (Å²) in [6.07, 6.45) is 3.60. The fraction of sp³-hybridized carbons (Fsp3) is 0.480. The monoisotopic (exact) mass is 426 g/mol. The first-order valence-electron chi connectivity index (χ1n) is 11.1. The summed E-state index contributed by atoms with van der Waals surface area (Å²) in [5, 5.41) is 3.13. The fourth-order valence-corrected chi connectivity index (χ4v) is 4.80. The van der Waals surface area contributed by atoms with Gasteiger partial charge in [-0.25, -0.2) is 4.39 Å². The lowest BCUT2D eigenvalue weighted by atomic mass is 9.81. The second-order valence-corrected chi connectivity index (χ2v) is 8.38. The predicted octanol–water partition coefficient (Wildman–Crippen LogP) is 3.83. The number of rotatable bonds is 7. The lowest BCUT2D eigenvalue weighted by molar-refractivity contribution is -0.121. The van der Waals surface area contributed by atoms with E-state index in [0.29, 0.717) is 26.2 Å². The van der Waals surface area contributed by atoms with Crippen LogP contribution in [0.25, 0.3) is 0 Å². The first kappa shape index (κ1) is 21.8. The number of fused-ring (bicyclic) bond motifs is 1. The SMILES string of the molecule is COc1ccc2c(c1)CCCC2CC(=O)NCC(c1cccc(F)c1)N1CCOCC1. The van der Waals surface area contributed by atoms with Crippen LogP contribution in [-0.2, 0) is 16.0 Å². The van der Waals surface area contributed by atoms with Gasteiger partial charge in [0, 0.05) is 26.1 Å². The normalized spacial score (nSPS) is 20.0. The molecule has 1 N–H and O–H groups in total. The Kier molecular flexibility index (Phi) is 7.20. The Bertz CT molecular complexity index is 898. The number of hydrogen-bond donors (Lipinski definition) is 1. The molecular formula is C25H31FN2O3. The minimum atomic E-state index is -0.253. The Labute approximate surface area is 183 Å². The second-order valence-electron chi connectivity index (χ2n) is 8.38. The van der Waals surface area contributed by atoms with E-state index in [1.165, 1.54) is 17.2 Å². The molecule has 0 bridgehead atoms. The van der Waals surface area contributed by atoms with E-state index in [1.54, 1.807) is 19.2 Å². The summed E-state index contributed by atoms with van der Waals surface area (Å²) < 4.78 is 24.7. The van der Waals surface area contributed by atoms with Crippen LogP contribution in [0, 0.1) is 5.82 Å². The van der Waals surface area contributed by atoms with Crippen molar-refractivity contribution in [3.8, 4) is 5.75 Å². The van der Waals surface area contributed by atoms with Crippen LogP contribution in [0.5, 0.6) is 5.75 Å². The highest BCUT2D eigenvalue weighted by Crippen LogP contribution is 2.35. The van der Waals surface area contributed by atoms with Crippen LogP contribution >= 0.6 is 0 Å². The van der Waals surface area contributed by atoms with Crippen LogP contribution in [0.2, 0.25) is 0 Å². The number of morpholine rings is 1. The molecule has 1 aliphatic heterocycles. The van der Waals surface area contributed by atoms with Gasteiger partial charge in [-0.2, -0.15) is 0 Å². The number of benzene rings is 2. The van der Waals surface area contributed by atoms with Crippen molar-refractivity contribution in [2.75, 3.05) is 40.0 Å². The molecule has 1 saturated heterocycles. The maximum absolute atomic E-state index is 13.9. The van der Waals surface area contributed by atoms with E-state index in [-0.39, 0.29) is 23.7 Å². The maximum Gasteiger partial charge on any atom is 0.220 e. The number of carbonyl (C=O) groups excluding carboxylic acids is 1. The Hall–Kier alpha value is -2.44. The van der Waals surface area contributed by atoms with Crippen LogP contribution in [0.4, 0.5) is 4.39 Å². The molecule has 31 heavy (non-hydrogen) atoms. The largest absolute Gasteiger partial charge is 0.497 e. The van der Waals surface area contributed by atoms with E-state index in [9.17, 15) is 9.18 Å². The summed E-state index contributed by atoms with van der Waals surface area (Å²) in [7, 11) is 1.68. The molecule has 0 saturated carbocycles. The molecule has 5 nitrogen and oxygen atoms in total. The van der Waals surface area contributed by atoms with Crippen molar-refractivity contribution in [1.29, 1.82) is 0 Å². The zero-order valence-corrected chi connectivity index (χ0v) is 18.1. The number of nitrogens with zero attached hydrogens (tertiary/aromatic N) is 1. The summed E-state index contributed by atoms with van der Waals surface area (Å²) in [6.45, 7) is 3.32. The van der Waals surface area contributed by atoms with Crippen LogP contribution in [-0.4, -0.2) is 50.8 Å². The van der Waals surface area contributed by atoms with Crippen molar-refractivity contribution >= 4 is 5.91 Å². The average Bonchev–Trinajstić information content (AvgIpc) is 2.80. The van der Waals surface area contributed by atoms with Gasteiger partial charge in [0.25, 0.3) is 0 Å². The molecule has 4 rings (SSSR count). The van der Waals surface area contributed by atoms with Crippen molar-refractivity contribution in [3.05, 3.63) is 65.0 Å². The van der Waals surface area contributed by atoms with Gasteiger partial charge in [0.05, 0.1) is 26.4 Å². The Morgan fingerprint density at radius 2 is 2.10 bits per heavy atom. The van der Waals surface area contributed by atoms with Crippen LogP contribution in [0.1, 0.15) is 47.9 Å². The van der Waals surface area contributed by atoms with Crippen molar-refractivity contribution < 1.29 is 18.7 Å². The van der Waals surface area contributed by atoms with E-state index >= 15 is 0 Å². The number of methoxy groups -OCH3 is 1. The van der Waals surface area contributed by atoms with Crippen molar-refractivity contribution in [3.63, 3.8) is 0 Å². The van der Waals surface area contributed by atoms with Gasteiger partial charge in [-0.05, 0) is 66.1 Å². The van der Waals surface area contributed by atoms with E-state index < -0.39 is 0 Å². The fourth-order valence-electron chi connectivity index (χ4n) is 4.80. The number of aryl methyl sites for hydroxylation is 1. The number of carbonyl (C=O) groups is 1. The smallest absolute Gasteiger partial charge is 0.220 e. The van der Waals surface area contributed by atoms with Crippen molar-refractivity contribution in [2.24, 2.45) is 0 Å². The molecule has 1 aliphatic carbocycles. The summed E-state index contributed by atoms with van der Waals surface area (Å²) >= 11 is 0. The van der Waals surface area contributed by atoms with Gasteiger partial charge >= 0.3 is 0 Å². The molecule has 1 amide bonds. The van der Waals surface area contributed by atoms with Gasteiger partial charge < -0.3 is 14.8 Å². The summed E-state index contributed by atoms with van der Waals surface area (Å²) in [5.41, 5.74) is 3.43. The molecule has 2 aliphatic rings. The maximum atomic E-state index is 13.9. The molecular weight excluding hydrogens is 395 g/mol. The highest BCUT2D eigenvalue weighted by molar-refractivity contribution is 5.77. The highest BCUT2D eigenvalue weighted by atomic mass is 19.1. The van der Waals surface area contributed by atoms with Crippen molar-refractivity contribution in [2.45, 2.75) is 37.6 Å². The molecule has 166 valence electrons. The van der Waals surface area contributed by atoms with E-state index in [4.69, 9.17) is 9.47 Å². The number of halogens is 1. The number of amides is 1. The lowest BCUT2D eigenvalue weighted by Crippen LogP contribution is -2.44. The first-order chi connectivity index (χ1) is 15.1. The summed E-state index contributed by atoms with van der Waals surface area (Å²) in [5.74, 6) is 0.887. The quantitative estimate of drug-likeness (QED) is 0.731. The molecule has 6 heteroatoms. The van der Waals surface area contributed by atoms with Gasteiger partial charge in [-0.15, -0.1) is 0 Å². The van der Waals surface area contributed by atoms with Crippen LogP contribution in [0.15, 0.2) is 42.5 Å². The minimum Gasteiger partial charge on any atom is -0.497 e. The molecule has 0 aromatic heterocycles. The highest BCUT2D eigenvalue weighted by Gasteiger charge is 2.26. The summed E-state index contributed by atoms with van der Waals surface area (Å²) in [4.78, 5) is 15.1. The Balaban J connectivity index is 1.41. The predicted molar refractivity (Wildman–Crippen MR) is 118 cm³/mol. The van der Waals surface area contributed by atoms with Gasteiger partial charge in [-0.3, -0.25) is 9.69 Å². The van der Waals surface area contributed by atoms with Gasteiger partial charge in [0.1, 0.15) is 11.6 Å². The van der Waals surface area contributed by atoms with E-state index in [1.807, 2.05) is 12.1 Å². The molecule has 2 atom stereocenters. The third-order valence-electron chi connectivity index (χ3n) is 6.43. The van der Waals surface area contributed by atoms with E-state index in [0.717, 1.165) is 43.7 Å². The zero-order chi connectivity index (χ0) is 21.6. The topological polar surface area (TPSA) is 50.8 Å². The lowest BCUT2D eigenvalue weighted by Gasteiger charge is -2.35. The third kappa shape index (κ3) is 5.43. The number of ether oxygens (including phenoxy) is 2. The minimum absolute atomic E-state index is 0.0448. The Morgan fingerprint density at radius 3 is 2.87 bits per heavy atom. The van der Waals surface area contributed by atoms with Crippen LogP contribution < -0.4 is 10.1 Å². The van der Waals surface area contributed by atoms with Gasteiger partial charge in [0.15, 0.2) is 0 Å². The average molecular weight is 427 g/mol. The standard InChI is InChI=1S/C25H31FN2O3/c1-30-22-8-9-23-18(15-22)4-2-5-19(23)16-25(29)27-17-24(28-10-12-31-13-11-28)20-6-3-7-21(26)14-20/h3,6-9,14-15,19,24H,2,4-5,10-13,16-17H2,1H3,(H,27,29). The van der Waals surface area contributed by atoms with Gasteiger partial charge in [0.2, 0.25) is 5.91 Å². The molecule has 2 unspecified atom stereocenters. The first-order valence-corrected chi connectivity index (χ1v) is 11.1. The molecule has 2 aromatic carbocycles.